The Labute approximate surface area is 130 Å². The van der Waals surface area contributed by atoms with Gasteiger partial charge in [-0.05, 0) is 30.0 Å². The number of para-hydroxylation sites is 1. The Kier molecular flexibility index (Phi) is 4.13. The zero-order valence-electron chi connectivity index (χ0n) is 12.9. The minimum Gasteiger partial charge on any atom is -0.399 e. The summed E-state index contributed by atoms with van der Waals surface area (Å²) in [5.74, 6) is 0.633. The summed E-state index contributed by atoms with van der Waals surface area (Å²) in [6, 6.07) is 7.75. The number of carbonyl (C=O) groups is 1. The summed E-state index contributed by atoms with van der Waals surface area (Å²) in [4.78, 5) is 14.3. The van der Waals surface area contributed by atoms with Crippen molar-refractivity contribution >= 4 is 11.6 Å². The van der Waals surface area contributed by atoms with Gasteiger partial charge in [0.05, 0.1) is 6.20 Å². The Morgan fingerprint density at radius 1 is 1.41 bits per heavy atom. The van der Waals surface area contributed by atoms with E-state index in [9.17, 15) is 4.79 Å². The molecule has 1 aromatic carbocycles. The minimum absolute atomic E-state index is 0.217. The minimum atomic E-state index is 0.217. The van der Waals surface area contributed by atoms with Crippen LogP contribution in [0.25, 0.3) is 0 Å². The molecule has 5 heteroatoms. The number of aryl methyl sites for hydroxylation is 2. The zero-order valence-corrected chi connectivity index (χ0v) is 12.9. The fourth-order valence-electron chi connectivity index (χ4n) is 3.07. The Morgan fingerprint density at radius 2 is 2.23 bits per heavy atom. The average Bonchev–Trinajstić information content (AvgIpc) is 3.15. The number of rotatable bonds is 4. The second kappa shape index (κ2) is 6.22. The summed E-state index contributed by atoms with van der Waals surface area (Å²) in [5, 5.41) is 4.22. The van der Waals surface area contributed by atoms with E-state index in [1.807, 2.05) is 53.3 Å². The van der Waals surface area contributed by atoms with Crippen molar-refractivity contribution in [2.45, 2.75) is 25.2 Å². The summed E-state index contributed by atoms with van der Waals surface area (Å²) in [7, 11) is 1.92. The maximum absolute atomic E-state index is 12.4. The fraction of sp³-hybridized carbons (Fsp3) is 0.412. The van der Waals surface area contributed by atoms with Gasteiger partial charge in [0, 0.05) is 44.4 Å². The Balaban J connectivity index is 1.54. The van der Waals surface area contributed by atoms with Crippen molar-refractivity contribution in [3.63, 3.8) is 0 Å². The third kappa shape index (κ3) is 3.13. The first-order chi connectivity index (χ1) is 10.6. The van der Waals surface area contributed by atoms with Gasteiger partial charge in [-0.25, -0.2) is 0 Å². The average molecular weight is 298 g/mol. The van der Waals surface area contributed by atoms with E-state index < -0.39 is 0 Å². The number of nitrogens with zero attached hydrogens (tertiary/aromatic N) is 3. The monoisotopic (exact) mass is 298 g/mol. The van der Waals surface area contributed by atoms with Crippen molar-refractivity contribution in [1.29, 1.82) is 0 Å². The SMILES string of the molecule is Cn1cc(C2CCN(C(=O)CCc3ccccc3N)C2)cn1. The van der Waals surface area contributed by atoms with Crippen LogP contribution in [0.3, 0.4) is 0 Å². The summed E-state index contributed by atoms with van der Waals surface area (Å²) in [6.45, 7) is 1.64. The number of amides is 1. The van der Waals surface area contributed by atoms with Gasteiger partial charge in [-0.2, -0.15) is 5.10 Å². The molecule has 2 aromatic rings. The van der Waals surface area contributed by atoms with Crippen molar-refractivity contribution in [3.8, 4) is 0 Å². The highest BCUT2D eigenvalue weighted by Crippen LogP contribution is 2.27. The van der Waals surface area contributed by atoms with Gasteiger partial charge in [0.15, 0.2) is 0 Å². The molecule has 0 bridgehead atoms. The van der Waals surface area contributed by atoms with Crippen LogP contribution in [0.5, 0.6) is 0 Å². The van der Waals surface area contributed by atoms with E-state index in [1.165, 1.54) is 5.56 Å². The molecule has 0 aliphatic carbocycles. The number of carbonyl (C=O) groups excluding carboxylic acids is 1. The van der Waals surface area contributed by atoms with Crippen molar-refractivity contribution < 1.29 is 4.79 Å². The molecule has 1 unspecified atom stereocenters. The fourth-order valence-corrected chi connectivity index (χ4v) is 3.07. The van der Waals surface area contributed by atoms with Gasteiger partial charge in [0.25, 0.3) is 0 Å². The van der Waals surface area contributed by atoms with Crippen LogP contribution >= 0.6 is 0 Å². The molecule has 1 fully saturated rings. The van der Waals surface area contributed by atoms with E-state index in [0.717, 1.165) is 30.8 Å². The molecule has 2 N–H and O–H groups in total. The summed E-state index contributed by atoms with van der Waals surface area (Å²) in [5.41, 5.74) is 8.98. The molecule has 0 radical (unpaired) electrons. The number of hydrogen-bond acceptors (Lipinski definition) is 3. The van der Waals surface area contributed by atoms with Gasteiger partial charge in [-0.15, -0.1) is 0 Å². The lowest BCUT2D eigenvalue weighted by molar-refractivity contribution is -0.130. The van der Waals surface area contributed by atoms with Gasteiger partial charge < -0.3 is 10.6 Å². The molecular weight excluding hydrogens is 276 g/mol. The lowest BCUT2D eigenvalue weighted by atomic mass is 10.0. The van der Waals surface area contributed by atoms with Gasteiger partial charge in [0.2, 0.25) is 5.91 Å². The maximum atomic E-state index is 12.4. The van der Waals surface area contributed by atoms with Crippen LogP contribution in [-0.4, -0.2) is 33.7 Å². The first kappa shape index (κ1) is 14.6. The molecule has 1 aliphatic heterocycles. The van der Waals surface area contributed by atoms with Gasteiger partial charge in [0.1, 0.15) is 0 Å². The molecule has 2 heterocycles. The Bertz CT molecular complexity index is 664. The van der Waals surface area contributed by atoms with Crippen LogP contribution in [0.2, 0.25) is 0 Å². The molecule has 1 saturated heterocycles. The third-order valence-electron chi connectivity index (χ3n) is 4.40. The number of likely N-dealkylation sites (tertiary alicyclic amines) is 1. The van der Waals surface area contributed by atoms with Crippen molar-refractivity contribution in [3.05, 3.63) is 47.8 Å². The zero-order chi connectivity index (χ0) is 15.5. The Hall–Kier alpha value is -2.30. The second-order valence-corrected chi connectivity index (χ2v) is 5.97. The summed E-state index contributed by atoms with van der Waals surface area (Å²) >= 11 is 0. The third-order valence-corrected chi connectivity index (χ3v) is 4.40. The van der Waals surface area contributed by atoms with Crippen LogP contribution in [0.15, 0.2) is 36.7 Å². The number of nitrogen functional groups attached to an aromatic ring is 1. The van der Waals surface area contributed by atoms with Crippen molar-refractivity contribution in [1.82, 2.24) is 14.7 Å². The molecular formula is C17H22N4O. The smallest absolute Gasteiger partial charge is 0.222 e. The molecule has 1 aromatic heterocycles. The number of benzene rings is 1. The first-order valence-corrected chi connectivity index (χ1v) is 7.73. The highest BCUT2D eigenvalue weighted by Gasteiger charge is 2.27. The lowest BCUT2D eigenvalue weighted by Crippen LogP contribution is -2.28. The predicted molar refractivity (Wildman–Crippen MR) is 86.3 cm³/mol. The van der Waals surface area contributed by atoms with E-state index >= 15 is 0 Å². The largest absolute Gasteiger partial charge is 0.399 e. The van der Waals surface area contributed by atoms with Crippen LogP contribution < -0.4 is 5.73 Å². The summed E-state index contributed by atoms with van der Waals surface area (Å²) < 4.78 is 1.82. The number of hydrogen-bond donors (Lipinski definition) is 1. The standard InChI is InChI=1S/C17H22N4O/c1-20-11-15(10-19-20)14-8-9-21(12-14)17(22)7-6-13-4-2-3-5-16(13)18/h2-5,10-11,14H,6-9,12,18H2,1H3. The Morgan fingerprint density at radius 3 is 2.95 bits per heavy atom. The van der Waals surface area contributed by atoms with E-state index in [0.29, 0.717) is 18.8 Å². The topological polar surface area (TPSA) is 64.2 Å². The van der Waals surface area contributed by atoms with Crippen molar-refractivity contribution in [2.24, 2.45) is 7.05 Å². The molecule has 5 nitrogen and oxygen atoms in total. The molecule has 0 spiro atoms. The van der Waals surface area contributed by atoms with E-state index in [-0.39, 0.29) is 5.91 Å². The highest BCUT2D eigenvalue weighted by molar-refractivity contribution is 5.77. The van der Waals surface area contributed by atoms with Crippen LogP contribution in [0.4, 0.5) is 5.69 Å². The van der Waals surface area contributed by atoms with E-state index in [4.69, 9.17) is 5.73 Å². The number of anilines is 1. The maximum Gasteiger partial charge on any atom is 0.222 e. The van der Waals surface area contributed by atoms with Crippen LogP contribution in [-0.2, 0) is 18.3 Å². The van der Waals surface area contributed by atoms with Gasteiger partial charge >= 0.3 is 0 Å². The summed E-state index contributed by atoms with van der Waals surface area (Å²) in [6.07, 6.45) is 6.20. The van der Waals surface area contributed by atoms with E-state index in [2.05, 4.69) is 5.10 Å². The van der Waals surface area contributed by atoms with Crippen LogP contribution in [0, 0.1) is 0 Å². The van der Waals surface area contributed by atoms with Crippen molar-refractivity contribution in [2.75, 3.05) is 18.8 Å². The molecule has 22 heavy (non-hydrogen) atoms. The quantitative estimate of drug-likeness (QED) is 0.878. The molecule has 116 valence electrons. The molecule has 1 amide bonds. The molecule has 3 rings (SSSR count). The first-order valence-electron chi connectivity index (χ1n) is 7.73. The van der Waals surface area contributed by atoms with Gasteiger partial charge in [-0.3, -0.25) is 9.48 Å². The number of nitrogens with two attached hydrogens (primary N) is 1. The predicted octanol–water partition coefficient (Wildman–Crippen LogP) is 1.95. The lowest BCUT2D eigenvalue weighted by Gasteiger charge is -2.16. The second-order valence-electron chi connectivity index (χ2n) is 5.97. The van der Waals surface area contributed by atoms with Crippen LogP contribution in [0.1, 0.15) is 29.9 Å². The molecule has 1 aliphatic rings. The number of aromatic nitrogens is 2. The van der Waals surface area contributed by atoms with E-state index in [1.54, 1.807) is 0 Å². The normalized spacial score (nSPS) is 17.9. The molecule has 0 saturated carbocycles. The highest BCUT2D eigenvalue weighted by atomic mass is 16.2. The molecule has 1 atom stereocenters. The van der Waals surface area contributed by atoms with Gasteiger partial charge in [-0.1, -0.05) is 18.2 Å².